The van der Waals surface area contributed by atoms with Crippen LogP contribution in [0.25, 0.3) is 21.7 Å². The second-order valence-corrected chi connectivity index (χ2v) is 4.71. The summed E-state index contributed by atoms with van der Waals surface area (Å²) in [4.78, 5) is 8.89. The third-order valence-corrected chi connectivity index (χ3v) is 3.43. The van der Waals surface area contributed by atoms with Crippen molar-refractivity contribution >= 4 is 38.9 Å². The summed E-state index contributed by atoms with van der Waals surface area (Å²) in [6.07, 6.45) is 4.18. The number of pyridine rings is 2. The summed E-state index contributed by atoms with van der Waals surface area (Å²) in [5.41, 5.74) is 1.75. The highest BCUT2D eigenvalue weighted by Crippen LogP contribution is 2.24. The summed E-state index contributed by atoms with van der Waals surface area (Å²) in [5.74, 6) is 0. The number of ether oxygens (including phenoxy) is 1. The molecule has 0 bridgehead atoms. The highest BCUT2D eigenvalue weighted by Gasteiger charge is 2.09. The van der Waals surface area contributed by atoms with Crippen molar-refractivity contribution in [2.24, 2.45) is 0 Å². The molecule has 0 saturated carbocycles. The maximum Gasteiger partial charge on any atom is 0.165 e. The van der Waals surface area contributed by atoms with E-state index >= 15 is 0 Å². The molecule has 0 amide bonds. The van der Waals surface area contributed by atoms with Crippen molar-refractivity contribution in [3.8, 4) is 0 Å². The summed E-state index contributed by atoms with van der Waals surface area (Å²) < 4.78 is 5.05. The van der Waals surface area contributed by atoms with Gasteiger partial charge in [0.2, 0.25) is 0 Å². The maximum atomic E-state index is 5.11. The summed E-state index contributed by atoms with van der Waals surface area (Å²) in [6, 6.07) is 10.2. The monoisotopic (exact) mass is 268 g/mol. The number of methoxy groups -OCH3 is 1. The van der Waals surface area contributed by atoms with E-state index in [1.165, 1.54) is 5.39 Å². The fourth-order valence-corrected chi connectivity index (χ4v) is 2.32. The van der Waals surface area contributed by atoms with Gasteiger partial charge < -0.3 is 4.74 Å². The van der Waals surface area contributed by atoms with Crippen molar-refractivity contribution in [1.82, 2.24) is 9.97 Å². The molecule has 19 heavy (non-hydrogen) atoms. The molecule has 0 aliphatic carbocycles. The topological polar surface area (TPSA) is 35.0 Å². The maximum absolute atomic E-state index is 5.11. The van der Waals surface area contributed by atoms with Gasteiger partial charge in [0.15, 0.2) is 5.05 Å². The van der Waals surface area contributed by atoms with E-state index in [1.807, 2.05) is 24.4 Å². The van der Waals surface area contributed by atoms with Gasteiger partial charge in [-0.1, -0.05) is 24.3 Å². The molecule has 0 atom stereocenters. The first kappa shape index (κ1) is 12.0. The van der Waals surface area contributed by atoms with Gasteiger partial charge >= 0.3 is 0 Å². The van der Waals surface area contributed by atoms with Crippen LogP contribution in [-0.4, -0.2) is 22.1 Å². The molecule has 3 nitrogen and oxygen atoms in total. The Hall–Kier alpha value is -2.07. The van der Waals surface area contributed by atoms with Gasteiger partial charge in [0.05, 0.1) is 24.7 Å². The van der Waals surface area contributed by atoms with Crippen molar-refractivity contribution < 1.29 is 4.74 Å². The van der Waals surface area contributed by atoms with Gasteiger partial charge in [0, 0.05) is 23.2 Å². The van der Waals surface area contributed by atoms with Crippen molar-refractivity contribution in [3.63, 3.8) is 0 Å². The minimum absolute atomic E-state index is 0.508. The number of thiocarbonyl (C=S) groups is 1. The average Bonchev–Trinajstić information content (AvgIpc) is 2.47. The first-order chi connectivity index (χ1) is 9.29. The molecular formula is C15H12N2OS. The smallest absolute Gasteiger partial charge is 0.165 e. The van der Waals surface area contributed by atoms with Crippen LogP contribution in [0.1, 0.15) is 5.69 Å². The SMILES string of the molecule is COC(=S)Cc1nccc2c1ncc1ccccc12. The third kappa shape index (κ3) is 2.15. The van der Waals surface area contributed by atoms with Crippen LogP contribution in [0.5, 0.6) is 0 Å². The lowest BCUT2D eigenvalue weighted by Crippen LogP contribution is -2.05. The first-order valence-corrected chi connectivity index (χ1v) is 6.38. The molecular weight excluding hydrogens is 256 g/mol. The van der Waals surface area contributed by atoms with Gasteiger partial charge in [0.25, 0.3) is 0 Å². The number of fused-ring (bicyclic) bond motifs is 3. The molecule has 0 N–H and O–H groups in total. The lowest BCUT2D eigenvalue weighted by molar-refractivity contribution is 0.405. The molecule has 3 aromatic rings. The van der Waals surface area contributed by atoms with Crippen LogP contribution < -0.4 is 0 Å². The van der Waals surface area contributed by atoms with Crippen LogP contribution in [0.3, 0.4) is 0 Å². The molecule has 1 aromatic carbocycles. The summed E-state index contributed by atoms with van der Waals surface area (Å²) in [5, 5.41) is 3.93. The van der Waals surface area contributed by atoms with Crippen molar-refractivity contribution in [1.29, 1.82) is 0 Å². The Kier molecular flexibility index (Phi) is 3.09. The van der Waals surface area contributed by atoms with Crippen molar-refractivity contribution in [2.45, 2.75) is 6.42 Å². The van der Waals surface area contributed by atoms with E-state index in [-0.39, 0.29) is 0 Å². The normalized spacial score (nSPS) is 10.8. The van der Waals surface area contributed by atoms with E-state index in [2.05, 4.69) is 22.1 Å². The van der Waals surface area contributed by atoms with Crippen LogP contribution in [0.2, 0.25) is 0 Å². The molecule has 2 aromatic heterocycles. The molecule has 0 saturated heterocycles. The molecule has 0 unspecified atom stereocenters. The fourth-order valence-electron chi connectivity index (χ4n) is 2.19. The fraction of sp³-hybridized carbons (Fsp3) is 0.133. The summed E-state index contributed by atoms with van der Waals surface area (Å²) in [6.45, 7) is 0. The second-order valence-electron chi connectivity index (χ2n) is 4.25. The van der Waals surface area contributed by atoms with E-state index in [9.17, 15) is 0 Å². The van der Waals surface area contributed by atoms with Crippen molar-refractivity contribution in [2.75, 3.05) is 7.11 Å². The first-order valence-electron chi connectivity index (χ1n) is 5.98. The van der Waals surface area contributed by atoms with E-state index < -0.39 is 0 Å². The Labute approximate surface area is 116 Å². The number of rotatable bonds is 2. The Morgan fingerprint density at radius 2 is 2.00 bits per heavy atom. The van der Waals surface area contributed by atoms with Gasteiger partial charge in [-0.25, -0.2) is 0 Å². The van der Waals surface area contributed by atoms with E-state index in [1.54, 1.807) is 13.3 Å². The van der Waals surface area contributed by atoms with E-state index in [0.717, 1.165) is 22.0 Å². The van der Waals surface area contributed by atoms with Gasteiger partial charge in [0.1, 0.15) is 0 Å². The quantitative estimate of drug-likeness (QED) is 0.527. The molecule has 0 aliphatic heterocycles. The van der Waals surface area contributed by atoms with Gasteiger partial charge in [-0.05, 0) is 23.7 Å². The summed E-state index contributed by atoms with van der Waals surface area (Å²) >= 11 is 5.11. The average molecular weight is 268 g/mol. The van der Waals surface area contributed by atoms with E-state index in [0.29, 0.717) is 11.5 Å². The predicted octanol–water partition coefficient (Wildman–Crippen LogP) is 3.30. The van der Waals surface area contributed by atoms with Crippen LogP contribution in [0.15, 0.2) is 42.7 Å². The third-order valence-electron chi connectivity index (χ3n) is 3.12. The zero-order valence-corrected chi connectivity index (χ0v) is 11.3. The number of hydrogen-bond acceptors (Lipinski definition) is 4. The Balaban J connectivity index is 2.26. The Bertz CT molecular complexity index is 770. The number of nitrogens with zero attached hydrogens (tertiary/aromatic N) is 2. The zero-order valence-electron chi connectivity index (χ0n) is 10.5. The minimum Gasteiger partial charge on any atom is -0.490 e. The molecule has 0 radical (unpaired) electrons. The molecule has 94 valence electrons. The summed E-state index contributed by atoms with van der Waals surface area (Å²) in [7, 11) is 1.58. The number of aromatic nitrogens is 2. The highest BCUT2D eigenvalue weighted by atomic mass is 32.1. The van der Waals surface area contributed by atoms with Crippen LogP contribution in [0.4, 0.5) is 0 Å². The Morgan fingerprint density at radius 1 is 1.16 bits per heavy atom. The van der Waals surface area contributed by atoms with Crippen LogP contribution in [0, 0.1) is 0 Å². The highest BCUT2D eigenvalue weighted by molar-refractivity contribution is 7.80. The van der Waals surface area contributed by atoms with Gasteiger partial charge in [-0.2, -0.15) is 0 Å². The molecule has 0 fully saturated rings. The lowest BCUT2D eigenvalue weighted by Gasteiger charge is -2.07. The number of hydrogen-bond donors (Lipinski definition) is 0. The molecule has 0 aliphatic rings. The Morgan fingerprint density at radius 3 is 2.84 bits per heavy atom. The lowest BCUT2D eigenvalue weighted by atomic mass is 10.1. The number of benzene rings is 1. The van der Waals surface area contributed by atoms with Crippen molar-refractivity contribution in [3.05, 3.63) is 48.4 Å². The molecule has 3 rings (SSSR count). The zero-order chi connectivity index (χ0) is 13.2. The van der Waals surface area contributed by atoms with Crippen LogP contribution >= 0.6 is 12.2 Å². The van der Waals surface area contributed by atoms with E-state index in [4.69, 9.17) is 17.0 Å². The van der Waals surface area contributed by atoms with Gasteiger partial charge in [-0.3, -0.25) is 9.97 Å². The second kappa shape index (κ2) is 4.90. The standard InChI is InChI=1S/C15H12N2OS/c1-18-14(19)8-13-15-12(6-7-16-13)11-5-3-2-4-10(11)9-17-15/h2-7,9H,8H2,1H3. The minimum atomic E-state index is 0.508. The van der Waals surface area contributed by atoms with Gasteiger partial charge in [-0.15, -0.1) is 0 Å². The molecule has 2 heterocycles. The molecule has 4 heteroatoms. The predicted molar refractivity (Wildman–Crippen MR) is 80.4 cm³/mol. The molecule has 0 spiro atoms. The largest absolute Gasteiger partial charge is 0.490 e. The van der Waals surface area contributed by atoms with Crippen LogP contribution in [-0.2, 0) is 11.2 Å².